The lowest BCUT2D eigenvalue weighted by molar-refractivity contribution is 0.207. The van der Waals surface area contributed by atoms with E-state index >= 15 is 0 Å². The lowest BCUT2D eigenvalue weighted by atomic mass is 10.3. The van der Waals surface area contributed by atoms with Crippen molar-refractivity contribution >= 4 is 0 Å². The van der Waals surface area contributed by atoms with Crippen molar-refractivity contribution in [1.82, 2.24) is 4.90 Å². The van der Waals surface area contributed by atoms with E-state index in [1.165, 1.54) is 12.1 Å². The molecule has 0 aliphatic carbocycles. The van der Waals surface area contributed by atoms with Crippen molar-refractivity contribution in [3.8, 4) is 5.75 Å². The van der Waals surface area contributed by atoms with Crippen LogP contribution in [0.1, 0.15) is 6.42 Å². The summed E-state index contributed by atoms with van der Waals surface area (Å²) in [5.74, 6) is 0.388. The van der Waals surface area contributed by atoms with E-state index in [-0.39, 0.29) is 11.9 Å². The Kier molecular flexibility index (Phi) is 2.68. The molecule has 2 nitrogen and oxygen atoms in total. The number of hydrogen-bond acceptors (Lipinski definition) is 2. The number of rotatable bonds is 2. The molecule has 3 heteroatoms. The molecule has 1 aliphatic heterocycles. The predicted octanol–water partition coefficient (Wildman–Crippen LogP) is 1.91. The molecule has 1 aliphatic rings. The van der Waals surface area contributed by atoms with Gasteiger partial charge >= 0.3 is 0 Å². The molecule has 14 heavy (non-hydrogen) atoms. The summed E-state index contributed by atoms with van der Waals surface area (Å²) in [7, 11) is 2.06. The summed E-state index contributed by atoms with van der Waals surface area (Å²) in [5, 5.41) is 0. The van der Waals surface area contributed by atoms with Gasteiger partial charge in [0.05, 0.1) is 0 Å². The van der Waals surface area contributed by atoms with Crippen LogP contribution in [0.3, 0.4) is 0 Å². The summed E-state index contributed by atoms with van der Waals surface area (Å²) >= 11 is 0. The first kappa shape index (κ1) is 9.46. The Morgan fingerprint density at radius 2 is 2.36 bits per heavy atom. The second kappa shape index (κ2) is 3.96. The zero-order chi connectivity index (χ0) is 9.97. The van der Waals surface area contributed by atoms with Crippen molar-refractivity contribution in [1.29, 1.82) is 0 Å². The number of hydrogen-bond donors (Lipinski definition) is 0. The van der Waals surface area contributed by atoms with Crippen molar-refractivity contribution in [2.24, 2.45) is 0 Å². The van der Waals surface area contributed by atoms with Crippen LogP contribution in [0.5, 0.6) is 5.75 Å². The molecule has 1 aromatic carbocycles. The average Bonchev–Trinajstić information content (AvgIpc) is 2.51. The van der Waals surface area contributed by atoms with Crippen LogP contribution >= 0.6 is 0 Å². The molecule has 1 aromatic rings. The lowest BCUT2D eigenvalue weighted by Crippen LogP contribution is -2.21. The van der Waals surface area contributed by atoms with Crippen molar-refractivity contribution in [2.75, 3.05) is 20.1 Å². The minimum atomic E-state index is -0.242. The monoisotopic (exact) mass is 195 g/mol. The first-order chi connectivity index (χ1) is 6.74. The smallest absolute Gasteiger partial charge is 0.126 e. The van der Waals surface area contributed by atoms with E-state index in [1.54, 1.807) is 12.1 Å². The maximum absolute atomic E-state index is 12.8. The quantitative estimate of drug-likeness (QED) is 0.714. The Bertz CT molecular complexity index is 316. The summed E-state index contributed by atoms with van der Waals surface area (Å²) in [6.45, 7) is 1.98. The largest absolute Gasteiger partial charge is 0.489 e. The molecular formula is C11H14FNO. The molecule has 0 radical (unpaired) electrons. The first-order valence-electron chi connectivity index (χ1n) is 4.85. The van der Waals surface area contributed by atoms with Crippen LogP contribution < -0.4 is 4.74 Å². The summed E-state index contributed by atoms with van der Waals surface area (Å²) in [4.78, 5) is 2.21. The molecule has 0 saturated carbocycles. The highest BCUT2D eigenvalue weighted by atomic mass is 19.1. The highest BCUT2D eigenvalue weighted by Crippen LogP contribution is 2.18. The third kappa shape index (κ3) is 2.23. The number of halogens is 1. The normalized spacial score (nSPS) is 22.6. The van der Waals surface area contributed by atoms with Gasteiger partial charge in [0.2, 0.25) is 0 Å². The highest BCUT2D eigenvalue weighted by molar-refractivity contribution is 5.22. The number of likely N-dealkylation sites (N-methyl/N-ethyl adjacent to an activating group) is 1. The topological polar surface area (TPSA) is 12.5 Å². The van der Waals surface area contributed by atoms with Crippen molar-refractivity contribution in [3.05, 3.63) is 30.1 Å². The van der Waals surface area contributed by atoms with Crippen LogP contribution in [-0.4, -0.2) is 31.1 Å². The zero-order valence-corrected chi connectivity index (χ0v) is 8.24. The molecule has 0 aromatic heterocycles. The summed E-state index contributed by atoms with van der Waals surface area (Å²) < 4.78 is 18.5. The molecule has 0 N–H and O–H groups in total. The molecule has 76 valence electrons. The van der Waals surface area contributed by atoms with Crippen molar-refractivity contribution in [3.63, 3.8) is 0 Å². The van der Waals surface area contributed by atoms with E-state index in [4.69, 9.17) is 4.74 Å². The molecule has 2 rings (SSSR count). The fourth-order valence-corrected chi connectivity index (χ4v) is 1.72. The Hall–Kier alpha value is -1.09. The average molecular weight is 195 g/mol. The van der Waals surface area contributed by atoms with Crippen LogP contribution in [0, 0.1) is 5.82 Å². The Morgan fingerprint density at radius 1 is 1.50 bits per heavy atom. The van der Waals surface area contributed by atoms with Crippen LogP contribution in [0.15, 0.2) is 24.3 Å². The third-order valence-electron chi connectivity index (χ3n) is 2.45. The van der Waals surface area contributed by atoms with Gasteiger partial charge in [-0.3, -0.25) is 0 Å². The molecule has 0 spiro atoms. The van der Waals surface area contributed by atoms with E-state index in [0.29, 0.717) is 5.75 Å². The summed E-state index contributed by atoms with van der Waals surface area (Å²) in [6.07, 6.45) is 1.23. The standard InChI is InChI=1S/C11H14FNO/c1-13-6-5-11(8-13)14-10-4-2-3-9(12)7-10/h2-4,7,11H,5-6,8H2,1H3/t11-/m0/s1. The second-order valence-corrected chi connectivity index (χ2v) is 3.75. The van der Waals surface area contributed by atoms with Gasteiger partial charge in [-0.1, -0.05) is 6.07 Å². The SMILES string of the molecule is CN1CC[C@H](Oc2cccc(F)c2)C1. The van der Waals surface area contributed by atoms with E-state index in [0.717, 1.165) is 19.5 Å². The molecule has 0 amide bonds. The number of likely N-dealkylation sites (tertiary alicyclic amines) is 1. The molecule has 1 heterocycles. The van der Waals surface area contributed by atoms with Crippen LogP contribution in [-0.2, 0) is 0 Å². The van der Waals surface area contributed by atoms with Gasteiger partial charge in [0.1, 0.15) is 17.7 Å². The maximum Gasteiger partial charge on any atom is 0.126 e. The zero-order valence-electron chi connectivity index (χ0n) is 8.24. The van der Waals surface area contributed by atoms with Crippen LogP contribution in [0.4, 0.5) is 4.39 Å². The van der Waals surface area contributed by atoms with Gasteiger partial charge in [-0.2, -0.15) is 0 Å². The highest BCUT2D eigenvalue weighted by Gasteiger charge is 2.20. The molecule has 0 bridgehead atoms. The maximum atomic E-state index is 12.8. The summed E-state index contributed by atoms with van der Waals surface area (Å²) in [5.41, 5.74) is 0. The third-order valence-corrected chi connectivity index (χ3v) is 2.45. The predicted molar refractivity (Wildman–Crippen MR) is 52.9 cm³/mol. The fourth-order valence-electron chi connectivity index (χ4n) is 1.72. The number of ether oxygens (including phenoxy) is 1. The minimum absolute atomic E-state index is 0.210. The molecule has 0 unspecified atom stereocenters. The fraction of sp³-hybridized carbons (Fsp3) is 0.455. The molecule has 1 fully saturated rings. The summed E-state index contributed by atoms with van der Waals surface area (Å²) in [6, 6.07) is 6.32. The van der Waals surface area contributed by atoms with E-state index in [2.05, 4.69) is 11.9 Å². The van der Waals surface area contributed by atoms with E-state index in [1.807, 2.05) is 0 Å². The second-order valence-electron chi connectivity index (χ2n) is 3.75. The lowest BCUT2D eigenvalue weighted by Gasteiger charge is -2.13. The molecule has 1 atom stereocenters. The van der Waals surface area contributed by atoms with Crippen molar-refractivity contribution in [2.45, 2.75) is 12.5 Å². The Labute approximate surface area is 83.3 Å². The van der Waals surface area contributed by atoms with Gasteiger partial charge in [0.15, 0.2) is 0 Å². The van der Waals surface area contributed by atoms with Crippen LogP contribution in [0.25, 0.3) is 0 Å². The molecular weight excluding hydrogens is 181 g/mol. The van der Waals surface area contributed by atoms with Crippen molar-refractivity contribution < 1.29 is 9.13 Å². The van der Waals surface area contributed by atoms with Gasteiger partial charge < -0.3 is 9.64 Å². The van der Waals surface area contributed by atoms with Gasteiger partial charge in [0.25, 0.3) is 0 Å². The molecule has 1 saturated heterocycles. The van der Waals surface area contributed by atoms with Gasteiger partial charge in [-0.25, -0.2) is 4.39 Å². The van der Waals surface area contributed by atoms with Gasteiger partial charge in [-0.15, -0.1) is 0 Å². The van der Waals surface area contributed by atoms with E-state index < -0.39 is 0 Å². The number of nitrogens with zero attached hydrogens (tertiary/aromatic N) is 1. The Balaban J connectivity index is 1.97. The van der Waals surface area contributed by atoms with Crippen LogP contribution in [0.2, 0.25) is 0 Å². The van der Waals surface area contributed by atoms with E-state index in [9.17, 15) is 4.39 Å². The minimum Gasteiger partial charge on any atom is -0.489 e. The van der Waals surface area contributed by atoms with Gasteiger partial charge in [-0.05, 0) is 25.6 Å². The Morgan fingerprint density at radius 3 is 3.00 bits per heavy atom. The first-order valence-corrected chi connectivity index (χ1v) is 4.85. The number of benzene rings is 1. The van der Waals surface area contributed by atoms with Gasteiger partial charge in [0, 0.05) is 19.2 Å².